The minimum Gasteiger partial charge on any atom is -0.409 e. The van der Waals surface area contributed by atoms with Crippen LogP contribution < -0.4 is 11.3 Å². The normalized spacial score (nSPS) is 11.0. The Bertz CT molecular complexity index is 928. The lowest BCUT2D eigenvalue weighted by Crippen LogP contribution is -2.32. The topological polar surface area (TPSA) is 52.2 Å². The van der Waals surface area contributed by atoms with Crippen molar-refractivity contribution in [3.63, 3.8) is 0 Å². The predicted molar refractivity (Wildman–Crippen MR) is 77.3 cm³/mol. The fourth-order valence-electron chi connectivity index (χ4n) is 2.04. The van der Waals surface area contributed by atoms with Gasteiger partial charge in [-0.25, -0.2) is 13.8 Å². The molecule has 0 fully saturated rings. The van der Waals surface area contributed by atoms with Gasteiger partial charge < -0.3 is 4.42 Å². The third-order valence-electron chi connectivity index (χ3n) is 3.09. The molecule has 0 saturated heterocycles. The van der Waals surface area contributed by atoms with Crippen LogP contribution in [0.3, 0.4) is 0 Å². The minimum absolute atomic E-state index is 0.0139. The van der Waals surface area contributed by atoms with Gasteiger partial charge in [-0.15, -0.1) is 0 Å². The van der Waals surface area contributed by atoms with Crippen molar-refractivity contribution in [2.24, 2.45) is 0 Å². The minimum atomic E-state index is -0.779. The fraction of sp³-hybridized carbons (Fsp3) is 0.0667. The summed E-state index contributed by atoms with van der Waals surface area (Å²) in [4.78, 5) is 24.2. The van der Waals surface area contributed by atoms with E-state index < -0.39 is 11.3 Å². The number of benzene rings is 2. The van der Waals surface area contributed by atoms with Crippen molar-refractivity contribution < 1.29 is 8.81 Å². The van der Waals surface area contributed by atoms with Gasteiger partial charge in [0.1, 0.15) is 11.4 Å². The molecule has 6 heteroatoms. The number of fused-ring (bicyclic) bond motifs is 1. The van der Waals surface area contributed by atoms with E-state index >= 15 is 0 Å². The molecule has 0 atom stereocenters. The molecule has 0 saturated carbocycles. The zero-order valence-corrected chi connectivity index (χ0v) is 11.4. The summed E-state index contributed by atoms with van der Waals surface area (Å²) in [5.74, 6) is -1.16. The van der Waals surface area contributed by atoms with Crippen molar-refractivity contribution >= 4 is 22.6 Å². The maximum absolute atomic E-state index is 12.9. The molecule has 106 valence electrons. The van der Waals surface area contributed by atoms with Crippen LogP contribution in [0.2, 0.25) is 5.02 Å². The summed E-state index contributed by atoms with van der Waals surface area (Å²) < 4.78 is 18.9. The summed E-state index contributed by atoms with van der Waals surface area (Å²) in [6.07, 6.45) is 0. The van der Waals surface area contributed by atoms with Gasteiger partial charge >= 0.3 is 5.76 Å². The average molecular weight is 306 g/mol. The largest absolute Gasteiger partial charge is 0.422 e. The van der Waals surface area contributed by atoms with Crippen LogP contribution >= 0.6 is 11.6 Å². The van der Waals surface area contributed by atoms with E-state index in [1.54, 1.807) is 6.07 Å². The second-order valence-electron chi connectivity index (χ2n) is 4.53. The van der Waals surface area contributed by atoms with Gasteiger partial charge in [0.25, 0.3) is 5.56 Å². The number of aromatic nitrogens is 1. The van der Waals surface area contributed by atoms with E-state index in [9.17, 15) is 14.0 Å². The van der Waals surface area contributed by atoms with Crippen LogP contribution in [0, 0.1) is 5.82 Å². The first kappa shape index (κ1) is 13.6. The first-order valence-electron chi connectivity index (χ1n) is 6.12. The Morgan fingerprint density at radius 3 is 2.52 bits per heavy atom. The zero-order chi connectivity index (χ0) is 15.0. The Morgan fingerprint density at radius 2 is 1.81 bits per heavy atom. The molecule has 0 bridgehead atoms. The number of nitrogens with zero attached hydrogens (tertiary/aromatic N) is 1. The maximum atomic E-state index is 12.9. The third kappa shape index (κ3) is 2.60. The van der Waals surface area contributed by atoms with Gasteiger partial charge in [0, 0.05) is 11.1 Å². The zero-order valence-electron chi connectivity index (χ0n) is 10.7. The van der Waals surface area contributed by atoms with Gasteiger partial charge in [0.2, 0.25) is 0 Å². The van der Waals surface area contributed by atoms with E-state index in [1.165, 1.54) is 36.4 Å². The van der Waals surface area contributed by atoms with Crippen LogP contribution in [0.25, 0.3) is 11.0 Å². The highest BCUT2D eigenvalue weighted by Gasteiger charge is 2.10. The molecular weight excluding hydrogens is 297 g/mol. The molecule has 1 heterocycles. The summed E-state index contributed by atoms with van der Waals surface area (Å²) in [6, 6.07) is 10.0. The van der Waals surface area contributed by atoms with Crippen molar-refractivity contribution in [2.75, 3.05) is 0 Å². The second-order valence-corrected chi connectivity index (χ2v) is 4.96. The lowest BCUT2D eigenvalue weighted by molar-refractivity contribution is 0.471. The highest BCUT2D eigenvalue weighted by molar-refractivity contribution is 6.31. The monoisotopic (exact) mass is 305 g/mol. The lowest BCUT2D eigenvalue weighted by atomic mass is 10.2. The molecule has 0 radical (unpaired) electrons. The van der Waals surface area contributed by atoms with Crippen molar-refractivity contribution in [1.82, 2.24) is 4.57 Å². The average Bonchev–Trinajstić information content (AvgIpc) is 2.45. The highest BCUT2D eigenvalue weighted by Crippen LogP contribution is 2.15. The molecule has 0 spiro atoms. The Kier molecular flexibility index (Phi) is 3.35. The molecule has 0 aliphatic rings. The Labute approximate surface area is 123 Å². The first-order chi connectivity index (χ1) is 10.0. The van der Waals surface area contributed by atoms with Gasteiger partial charge in [0.05, 0.1) is 11.9 Å². The van der Waals surface area contributed by atoms with Crippen LogP contribution in [-0.2, 0) is 6.54 Å². The molecule has 0 amide bonds. The molecule has 4 nitrogen and oxygen atoms in total. The quantitative estimate of drug-likeness (QED) is 0.731. The third-order valence-corrected chi connectivity index (χ3v) is 3.33. The van der Waals surface area contributed by atoms with E-state index in [1.807, 2.05) is 0 Å². The standard InChI is InChI=1S/C15H9ClFNO3/c16-10-3-6-12-13(7-10)21-15(20)18(14(12)19)8-9-1-4-11(17)5-2-9/h1-7H,8H2. The molecule has 0 aliphatic carbocycles. The molecule has 21 heavy (non-hydrogen) atoms. The van der Waals surface area contributed by atoms with Gasteiger partial charge in [-0.1, -0.05) is 23.7 Å². The SMILES string of the molecule is O=c1oc2cc(Cl)ccc2c(=O)n1Cc1ccc(F)cc1. The summed E-state index contributed by atoms with van der Waals surface area (Å²) in [7, 11) is 0. The number of hydrogen-bond acceptors (Lipinski definition) is 3. The van der Waals surface area contributed by atoms with Crippen LogP contribution in [0.1, 0.15) is 5.56 Å². The number of hydrogen-bond donors (Lipinski definition) is 0. The summed E-state index contributed by atoms with van der Waals surface area (Å²) in [5.41, 5.74) is 0.300. The van der Waals surface area contributed by atoms with Gasteiger partial charge in [0.15, 0.2) is 0 Å². The van der Waals surface area contributed by atoms with E-state index in [4.69, 9.17) is 16.0 Å². The van der Waals surface area contributed by atoms with E-state index in [0.29, 0.717) is 10.6 Å². The Hall–Kier alpha value is -2.40. The molecule has 0 N–H and O–H groups in total. The second kappa shape index (κ2) is 5.18. The predicted octanol–water partition coefficient (Wildman–Crippen LogP) is 2.80. The summed E-state index contributed by atoms with van der Waals surface area (Å²) >= 11 is 5.80. The lowest BCUT2D eigenvalue weighted by Gasteiger charge is -2.05. The summed E-state index contributed by atoms with van der Waals surface area (Å²) in [5, 5.41) is 0.641. The molecule has 3 aromatic rings. The molecule has 0 unspecified atom stereocenters. The van der Waals surface area contributed by atoms with Crippen LogP contribution in [0.4, 0.5) is 4.39 Å². The van der Waals surface area contributed by atoms with Gasteiger partial charge in [-0.2, -0.15) is 0 Å². The van der Waals surface area contributed by atoms with Crippen molar-refractivity contribution in [2.45, 2.75) is 6.54 Å². The summed E-state index contributed by atoms with van der Waals surface area (Å²) in [6.45, 7) is 0.0139. The van der Waals surface area contributed by atoms with Crippen molar-refractivity contribution in [3.05, 3.63) is 79.8 Å². The van der Waals surface area contributed by atoms with Crippen LogP contribution in [0.15, 0.2) is 56.5 Å². The smallest absolute Gasteiger partial charge is 0.409 e. The van der Waals surface area contributed by atoms with Gasteiger partial charge in [-0.3, -0.25) is 4.79 Å². The molecular formula is C15H9ClFNO3. The van der Waals surface area contributed by atoms with Crippen LogP contribution in [-0.4, -0.2) is 4.57 Å². The van der Waals surface area contributed by atoms with Crippen molar-refractivity contribution in [1.29, 1.82) is 0 Å². The van der Waals surface area contributed by atoms with Gasteiger partial charge in [-0.05, 0) is 29.8 Å². The molecule has 1 aromatic heterocycles. The first-order valence-corrected chi connectivity index (χ1v) is 6.50. The Morgan fingerprint density at radius 1 is 1.10 bits per heavy atom. The number of halogens is 2. The highest BCUT2D eigenvalue weighted by atomic mass is 35.5. The van der Waals surface area contributed by atoms with E-state index in [0.717, 1.165) is 4.57 Å². The van der Waals surface area contributed by atoms with E-state index in [-0.39, 0.29) is 23.3 Å². The van der Waals surface area contributed by atoms with E-state index in [2.05, 4.69) is 0 Å². The molecule has 2 aromatic carbocycles. The molecule has 3 rings (SSSR count). The number of rotatable bonds is 2. The fourth-order valence-corrected chi connectivity index (χ4v) is 2.21. The maximum Gasteiger partial charge on any atom is 0.422 e. The Balaban J connectivity index is 2.14. The van der Waals surface area contributed by atoms with Crippen LogP contribution in [0.5, 0.6) is 0 Å². The van der Waals surface area contributed by atoms with Crippen molar-refractivity contribution in [3.8, 4) is 0 Å². The molecule has 0 aliphatic heterocycles.